The molecule has 0 bridgehead atoms. The van der Waals surface area contributed by atoms with E-state index >= 15 is 0 Å². The van der Waals surface area contributed by atoms with E-state index in [4.69, 9.17) is 84.3 Å². The van der Waals surface area contributed by atoms with Gasteiger partial charge in [0.05, 0.1) is 0 Å². The van der Waals surface area contributed by atoms with Crippen molar-refractivity contribution < 1.29 is 84.3 Å². The van der Waals surface area contributed by atoms with Gasteiger partial charge in [-0.1, -0.05) is 0 Å². The third-order valence-electron chi connectivity index (χ3n) is 0. The molecule has 152 valence electrons. The third kappa shape index (κ3) is 6820. The maximum atomic E-state index is 8.74. The van der Waals surface area contributed by atoms with Crippen LogP contribution in [0, 0.1) is 0 Å². The van der Waals surface area contributed by atoms with E-state index in [-0.39, 0.29) is 118 Å². The van der Waals surface area contributed by atoms with Gasteiger partial charge in [-0.3, -0.25) is 26.8 Å². The van der Waals surface area contributed by atoms with Gasteiger partial charge in [0, 0.05) is 0 Å². The van der Waals surface area contributed by atoms with Crippen molar-refractivity contribution >= 4 is 173 Å². The van der Waals surface area contributed by atoms with Gasteiger partial charge in [-0.2, -0.15) is 0 Å². The number of hydrogen-bond donors (Lipinski definition) is 12. The average Bonchev–Trinajstić information content (AvgIpc) is 2.08. The fourth-order valence-electron chi connectivity index (χ4n) is 0. The Morgan fingerprint density at radius 2 is 0.250 bits per heavy atom. The Hall–Kier alpha value is 1.70. The Kier molecular flexibility index (Phi) is 128. The molecule has 0 aromatic heterocycles. The quantitative estimate of drug-likeness (QED) is 0.121. The van der Waals surface area contributed by atoms with Gasteiger partial charge in [0.25, 0.3) is 0 Å². The summed E-state index contributed by atoms with van der Waals surface area (Å²) < 4.78 is 52.4. The molecule has 0 aliphatic carbocycles. The molecule has 18 nitrogen and oxygen atoms in total. The van der Waals surface area contributed by atoms with Gasteiger partial charge < -0.3 is 57.5 Å². The SMILES string of the molecule is O=[Si](O)O.O=[Si](O)O.O=[Si](O)O.O=[Si](O)O.O=[Si](O)O.O=[Si](O)O.[NaH].[NaH].[NaH].[NaH]. The van der Waals surface area contributed by atoms with E-state index < -0.39 is 55.0 Å². The zero-order chi connectivity index (χ0) is 21.5. The first-order chi connectivity index (χ1) is 10.4. The fraction of sp³-hybridized carbons (Fsp3) is 0. The average molecular weight is 565 g/mol. The molecule has 0 heterocycles. The first-order valence-electron chi connectivity index (χ1n) is 3.91. The normalized spacial score (nSPS) is 5.14. The second-order valence-electron chi connectivity index (χ2n) is 1.70. The second kappa shape index (κ2) is 56.7. The molecule has 0 saturated carbocycles. The molecule has 28 heavy (non-hydrogen) atoms. The summed E-state index contributed by atoms with van der Waals surface area (Å²) in [5, 5.41) is 0. The molecule has 0 aromatic rings. The van der Waals surface area contributed by atoms with E-state index in [1.165, 1.54) is 0 Å². The van der Waals surface area contributed by atoms with Gasteiger partial charge in [0.2, 0.25) is 0 Å². The van der Waals surface area contributed by atoms with Gasteiger partial charge in [0.1, 0.15) is 0 Å². The molecule has 0 saturated heterocycles. The molecule has 12 N–H and O–H groups in total. The van der Waals surface area contributed by atoms with Crippen LogP contribution in [0.5, 0.6) is 0 Å². The Labute approximate surface area is 253 Å². The predicted octanol–water partition coefficient (Wildman–Crippen LogP) is -12.3. The molecular formula is H16Na4O18Si6. The summed E-state index contributed by atoms with van der Waals surface area (Å²) >= 11 is 0. The number of rotatable bonds is 0. The molecule has 0 aliphatic heterocycles. The van der Waals surface area contributed by atoms with Gasteiger partial charge in [-0.25, -0.2) is 0 Å². The van der Waals surface area contributed by atoms with Crippen LogP contribution in [0.25, 0.3) is 0 Å². The standard InChI is InChI=1S/4Na.6H2O3Si.4H/c;;;;6*1-4(2)3;;;;/h;;;;6*1-2H;;;;. The molecule has 28 heteroatoms. The molecule has 0 amide bonds. The van der Waals surface area contributed by atoms with E-state index in [0.29, 0.717) is 0 Å². The number of hydrogen-bond acceptors (Lipinski definition) is 6. The fourth-order valence-corrected chi connectivity index (χ4v) is 0. The van der Waals surface area contributed by atoms with Crippen LogP contribution in [-0.4, -0.2) is 231 Å². The molecule has 0 atom stereocenters. The third-order valence-corrected chi connectivity index (χ3v) is 0. The molecule has 0 fully saturated rings. The van der Waals surface area contributed by atoms with E-state index in [0.717, 1.165) is 0 Å². The Balaban J connectivity index is -0.0000000169. The van der Waals surface area contributed by atoms with Crippen LogP contribution in [0.2, 0.25) is 0 Å². The summed E-state index contributed by atoms with van der Waals surface area (Å²) in [4.78, 5) is 85.9. The van der Waals surface area contributed by atoms with E-state index in [1.54, 1.807) is 0 Å². The molecule has 0 aliphatic rings. The summed E-state index contributed by atoms with van der Waals surface area (Å²) in [5.74, 6) is 0. The Morgan fingerprint density at radius 1 is 0.250 bits per heavy atom. The summed E-state index contributed by atoms with van der Waals surface area (Å²) in [6.45, 7) is 0. The van der Waals surface area contributed by atoms with Crippen molar-refractivity contribution in [3.8, 4) is 0 Å². The summed E-state index contributed by atoms with van der Waals surface area (Å²) in [6.07, 6.45) is 0. The van der Waals surface area contributed by atoms with Crippen molar-refractivity contribution in [3.05, 3.63) is 0 Å². The Morgan fingerprint density at radius 3 is 0.250 bits per heavy atom. The van der Waals surface area contributed by atoms with Crippen LogP contribution < -0.4 is 0 Å². The summed E-state index contributed by atoms with van der Waals surface area (Å²) in [5.41, 5.74) is 0. The second-order valence-corrected chi connectivity index (χ2v) is 5.09. The monoisotopic (exact) mass is 564 g/mol. The van der Waals surface area contributed by atoms with E-state index in [9.17, 15) is 0 Å². The van der Waals surface area contributed by atoms with Crippen LogP contribution in [0.1, 0.15) is 0 Å². The van der Waals surface area contributed by atoms with E-state index in [1.807, 2.05) is 0 Å². The van der Waals surface area contributed by atoms with Crippen molar-refractivity contribution in [2.75, 3.05) is 0 Å². The minimum absolute atomic E-state index is 0. The molecule has 0 rings (SSSR count). The van der Waals surface area contributed by atoms with Crippen molar-refractivity contribution in [1.82, 2.24) is 0 Å². The first-order valence-corrected chi connectivity index (χ1v) is 11.7. The first kappa shape index (κ1) is 63.0. The van der Waals surface area contributed by atoms with Gasteiger partial charge in [-0.05, 0) is 0 Å². The van der Waals surface area contributed by atoms with Crippen LogP contribution >= 0.6 is 0 Å². The zero-order valence-corrected chi connectivity index (χ0v) is 16.8. The van der Waals surface area contributed by atoms with Gasteiger partial charge in [0.15, 0.2) is 0 Å². The maximum absolute atomic E-state index is 8.74. The van der Waals surface area contributed by atoms with Crippen molar-refractivity contribution in [3.63, 3.8) is 0 Å². The Bertz CT molecular complexity index is 267. The molecule has 0 spiro atoms. The molecule has 0 radical (unpaired) electrons. The zero-order valence-electron chi connectivity index (χ0n) is 10.8. The van der Waals surface area contributed by atoms with Gasteiger partial charge in [-0.15, -0.1) is 0 Å². The van der Waals surface area contributed by atoms with Crippen LogP contribution in [0.4, 0.5) is 0 Å². The molecule has 0 aromatic carbocycles. The summed E-state index contributed by atoms with van der Waals surface area (Å²) in [6, 6.07) is 0. The molecule has 0 unspecified atom stereocenters. The van der Waals surface area contributed by atoms with Gasteiger partial charge >= 0.3 is 173 Å². The van der Waals surface area contributed by atoms with Crippen molar-refractivity contribution in [2.24, 2.45) is 0 Å². The topological polar surface area (TPSA) is 345 Å². The van der Waals surface area contributed by atoms with Crippen LogP contribution in [0.3, 0.4) is 0 Å². The minimum atomic E-state index is -3.13. The molecular weight excluding hydrogens is 548 g/mol. The predicted molar refractivity (Wildman–Crippen MR) is 93.9 cm³/mol. The van der Waals surface area contributed by atoms with Crippen LogP contribution in [0.15, 0.2) is 0 Å². The van der Waals surface area contributed by atoms with E-state index in [2.05, 4.69) is 0 Å². The summed E-state index contributed by atoms with van der Waals surface area (Å²) in [7, 11) is -18.8. The van der Waals surface area contributed by atoms with Crippen molar-refractivity contribution in [1.29, 1.82) is 0 Å². The van der Waals surface area contributed by atoms with Crippen molar-refractivity contribution in [2.45, 2.75) is 0 Å². The van der Waals surface area contributed by atoms with Crippen LogP contribution in [-0.2, 0) is 26.8 Å².